The molecule has 1 N–H and O–H groups in total. The molecule has 0 aromatic rings. The van der Waals surface area contributed by atoms with Gasteiger partial charge in [-0.25, -0.2) is 4.79 Å². The number of carbonyl (C=O) groups is 1. The fourth-order valence-corrected chi connectivity index (χ4v) is 1.32. The summed E-state index contributed by atoms with van der Waals surface area (Å²) >= 11 is 0. The van der Waals surface area contributed by atoms with Gasteiger partial charge in [0.05, 0.1) is 6.61 Å². The number of hydrogen-bond donors (Lipinski definition) is 1. The van der Waals surface area contributed by atoms with Gasteiger partial charge in [-0.05, 0) is 39.5 Å². The molecule has 1 aliphatic rings. The summed E-state index contributed by atoms with van der Waals surface area (Å²) in [4.78, 5) is 13.3. The van der Waals surface area contributed by atoms with Gasteiger partial charge in [-0.2, -0.15) is 0 Å². The molecule has 0 atom stereocenters. The molecule has 1 saturated carbocycles. The first-order valence-electron chi connectivity index (χ1n) is 5.51. The van der Waals surface area contributed by atoms with Crippen LogP contribution in [0.1, 0.15) is 33.6 Å². The third kappa shape index (κ3) is 5.02. The van der Waals surface area contributed by atoms with Crippen LogP contribution in [0.5, 0.6) is 0 Å². The maximum absolute atomic E-state index is 11.7. The average Bonchev–Trinajstić information content (AvgIpc) is 2.84. The van der Waals surface area contributed by atoms with Crippen LogP contribution >= 0.6 is 0 Å². The molecule has 4 nitrogen and oxygen atoms in total. The second kappa shape index (κ2) is 4.84. The third-order valence-electron chi connectivity index (χ3n) is 2.20. The first kappa shape index (κ1) is 12.3. The molecule has 0 aliphatic heterocycles. The van der Waals surface area contributed by atoms with Crippen LogP contribution in [0.15, 0.2) is 0 Å². The van der Waals surface area contributed by atoms with E-state index in [2.05, 4.69) is 0 Å². The monoisotopic (exact) mass is 215 g/mol. The average molecular weight is 215 g/mol. The number of carbonyl (C=O) groups excluding carboxylic acids is 1. The van der Waals surface area contributed by atoms with E-state index in [1.807, 2.05) is 20.8 Å². The molecule has 1 aliphatic carbocycles. The van der Waals surface area contributed by atoms with Crippen LogP contribution in [0.25, 0.3) is 0 Å². The first-order chi connectivity index (χ1) is 6.92. The van der Waals surface area contributed by atoms with Gasteiger partial charge in [0.1, 0.15) is 5.60 Å². The van der Waals surface area contributed by atoms with Crippen LogP contribution in [0.3, 0.4) is 0 Å². The van der Waals surface area contributed by atoms with Crippen LogP contribution < -0.4 is 0 Å². The largest absolute Gasteiger partial charge is 0.444 e. The van der Waals surface area contributed by atoms with E-state index >= 15 is 0 Å². The number of rotatable bonds is 4. The van der Waals surface area contributed by atoms with Crippen LogP contribution in [-0.2, 0) is 4.74 Å². The van der Waals surface area contributed by atoms with Gasteiger partial charge < -0.3 is 14.7 Å². The van der Waals surface area contributed by atoms with Gasteiger partial charge >= 0.3 is 6.09 Å². The summed E-state index contributed by atoms with van der Waals surface area (Å²) in [5.74, 6) is 0.615. The predicted octanol–water partition coefficient (Wildman–Crippen LogP) is 1.63. The van der Waals surface area contributed by atoms with E-state index in [0.29, 0.717) is 12.5 Å². The fourth-order valence-electron chi connectivity index (χ4n) is 1.32. The Morgan fingerprint density at radius 2 is 2.07 bits per heavy atom. The van der Waals surface area contributed by atoms with Crippen LogP contribution in [0, 0.1) is 5.92 Å². The summed E-state index contributed by atoms with van der Waals surface area (Å²) in [7, 11) is 0. The van der Waals surface area contributed by atoms with E-state index < -0.39 is 5.60 Å². The lowest BCUT2D eigenvalue weighted by molar-refractivity contribution is 0.0209. The number of hydrogen-bond acceptors (Lipinski definition) is 3. The molecule has 0 saturated heterocycles. The predicted molar refractivity (Wildman–Crippen MR) is 57.6 cm³/mol. The van der Waals surface area contributed by atoms with Crippen LogP contribution in [-0.4, -0.2) is 41.4 Å². The summed E-state index contributed by atoms with van der Waals surface area (Å²) in [6, 6.07) is 0. The van der Waals surface area contributed by atoms with Crippen molar-refractivity contribution in [3.8, 4) is 0 Å². The van der Waals surface area contributed by atoms with Crippen molar-refractivity contribution in [2.24, 2.45) is 5.92 Å². The van der Waals surface area contributed by atoms with E-state index in [-0.39, 0.29) is 12.7 Å². The Hall–Kier alpha value is -0.770. The zero-order valence-electron chi connectivity index (χ0n) is 9.82. The minimum Gasteiger partial charge on any atom is -0.444 e. The topological polar surface area (TPSA) is 49.8 Å². The van der Waals surface area contributed by atoms with E-state index in [4.69, 9.17) is 9.84 Å². The smallest absolute Gasteiger partial charge is 0.410 e. The summed E-state index contributed by atoms with van der Waals surface area (Å²) in [6.45, 7) is 6.62. The minimum atomic E-state index is -0.464. The molecule has 0 bridgehead atoms. The van der Waals surface area contributed by atoms with Crippen LogP contribution in [0.4, 0.5) is 4.79 Å². The molecule has 15 heavy (non-hydrogen) atoms. The lowest BCUT2D eigenvalue weighted by Gasteiger charge is -2.26. The molecule has 1 rings (SSSR count). The Morgan fingerprint density at radius 3 is 2.47 bits per heavy atom. The van der Waals surface area contributed by atoms with Gasteiger partial charge in [-0.3, -0.25) is 0 Å². The lowest BCUT2D eigenvalue weighted by atomic mass is 10.2. The highest BCUT2D eigenvalue weighted by molar-refractivity contribution is 5.68. The van der Waals surface area contributed by atoms with Gasteiger partial charge in [0.2, 0.25) is 0 Å². The Kier molecular flexibility index (Phi) is 3.97. The van der Waals surface area contributed by atoms with Gasteiger partial charge in [0, 0.05) is 13.1 Å². The molecule has 0 unspecified atom stereocenters. The maximum Gasteiger partial charge on any atom is 0.410 e. The molecular weight excluding hydrogens is 194 g/mol. The molecule has 1 fully saturated rings. The fraction of sp³-hybridized carbons (Fsp3) is 0.909. The minimum absolute atomic E-state index is 0.00797. The third-order valence-corrected chi connectivity index (χ3v) is 2.20. The Balaban J connectivity index is 2.42. The Labute approximate surface area is 91.2 Å². The maximum atomic E-state index is 11.7. The van der Waals surface area contributed by atoms with Crippen molar-refractivity contribution in [3.05, 3.63) is 0 Å². The van der Waals surface area contributed by atoms with E-state index in [1.54, 1.807) is 4.90 Å². The highest BCUT2D eigenvalue weighted by atomic mass is 16.6. The molecule has 0 heterocycles. The zero-order chi connectivity index (χ0) is 11.5. The van der Waals surface area contributed by atoms with E-state index in [0.717, 1.165) is 6.54 Å². The number of amides is 1. The van der Waals surface area contributed by atoms with Gasteiger partial charge in [-0.15, -0.1) is 0 Å². The van der Waals surface area contributed by atoms with E-state index in [1.165, 1.54) is 12.8 Å². The lowest BCUT2D eigenvalue weighted by Crippen LogP contribution is -2.39. The van der Waals surface area contributed by atoms with E-state index in [9.17, 15) is 4.79 Å². The first-order valence-corrected chi connectivity index (χ1v) is 5.51. The van der Waals surface area contributed by atoms with Crippen molar-refractivity contribution in [3.63, 3.8) is 0 Å². The van der Waals surface area contributed by atoms with Crippen molar-refractivity contribution < 1.29 is 14.6 Å². The number of aliphatic hydroxyl groups excluding tert-OH is 1. The zero-order valence-corrected chi connectivity index (χ0v) is 9.82. The number of ether oxygens (including phenoxy) is 1. The molecule has 0 spiro atoms. The van der Waals surface area contributed by atoms with Gasteiger partial charge in [-0.1, -0.05) is 0 Å². The summed E-state index contributed by atoms with van der Waals surface area (Å²) in [6.07, 6.45) is 2.05. The Bertz CT molecular complexity index is 218. The molecule has 4 heteroatoms. The number of nitrogens with zero attached hydrogens (tertiary/aromatic N) is 1. The summed E-state index contributed by atoms with van der Waals surface area (Å²) < 4.78 is 5.26. The van der Waals surface area contributed by atoms with Crippen molar-refractivity contribution >= 4 is 6.09 Å². The van der Waals surface area contributed by atoms with Crippen molar-refractivity contribution in [1.29, 1.82) is 0 Å². The second-order valence-electron chi connectivity index (χ2n) is 5.09. The van der Waals surface area contributed by atoms with Gasteiger partial charge in [0.25, 0.3) is 0 Å². The highest BCUT2D eigenvalue weighted by Gasteiger charge is 2.28. The summed E-state index contributed by atoms with van der Waals surface area (Å²) in [5, 5.41) is 8.87. The standard InChI is InChI=1S/C11H21NO3/c1-11(2,3)15-10(14)12(6-7-13)8-9-4-5-9/h9,13H,4-8H2,1-3H3. The van der Waals surface area contributed by atoms with Crippen molar-refractivity contribution in [1.82, 2.24) is 4.90 Å². The van der Waals surface area contributed by atoms with Crippen molar-refractivity contribution in [2.75, 3.05) is 19.7 Å². The Morgan fingerprint density at radius 1 is 1.47 bits per heavy atom. The molecular formula is C11H21NO3. The normalized spacial score (nSPS) is 16.3. The second-order valence-corrected chi connectivity index (χ2v) is 5.09. The summed E-state index contributed by atoms with van der Waals surface area (Å²) in [5.41, 5.74) is -0.464. The van der Waals surface area contributed by atoms with Crippen molar-refractivity contribution in [2.45, 2.75) is 39.2 Å². The van der Waals surface area contributed by atoms with Gasteiger partial charge in [0.15, 0.2) is 0 Å². The molecule has 88 valence electrons. The molecule has 0 radical (unpaired) electrons. The molecule has 0 aromatic carbocycles. The highest BCUT2D eigenvalue weighted by Crippen LogP contribution is 2.30. The molecule has 0 aromatic heterocycles. The molecule has 1 amide bonds. The quantitative estimate of drug-likeness (QED) is 0.775. The number of aliphatic hydroxyl groups is 1. The van der Waals surface area contributed by atoms with Crippen LogP contribution in [0.2, 0.25) is 0 Å². The SMILES string of the molecule is CC(C)(C)OC(=O)N(CCO)CC1CC1.